The molecule has 112 valence electrons. The first-order valence-electron chi connectivity index (χ1n) is 6.94. The highest BCUT2D eigenvalue weighted by atomic mass is 35.5. The van der Waals surface area contributed by atoms with Gasteiger partial charge in [-0.15, -0.1) is 0 Å². The van der Waals surface area contributed by atoms with Gasteiger partial charge < -0.3 is 0 Å². The van der Waals surface area contributed by atoms with Crippen LogP contribution in [0.15, 0.2) is 53.6 Å². The Balaban J connectivity index is 2.00. The minimum absolute atomic E-state index is 0.175. The Morgan fingerprint density at radius 2 is 2.00 bits per heavy atom. The van der Waals surface area contributed by atoms with Crippen molar-refractivity contribution in [2.24, 2.45) is 5.10 Å². The number of nitrogens with zero attached hydrogens (tertiary/aromatic N) is 2. The molecule has 0 fully saturated rings. The second-order valence-corrected chi connectivity index (χ2v) is 5.60. The molecule has 1 amide bonds. The zero-order chi connectivity index (χ0) is 15.7. The first kappa shape index (κ1) is 14.7. The molecule has 22 heavy (non-hydrogen) atoms. The quantitative estimate of drug-likeness (QED) is 0.818. The number of halogens is 2. The summed E-state index contributed by atoms with van der Waals surface area (Å²) in [5, 5.41) is 6.17. The van der Waals surface area contributed by atoms with Crippen molar-refractivity contribution < 1.29 is 9.18 Å². The lowest BCUT2D eigenvalue weighted by Gasteiger charge is -2.20. The Kier molecular flexibility index (Phi) is 3.94. The van der Waals surface area contributed by atoms with E-state index in [1.807, 2.05) is 30.3 Å². The lowest BCUT2D eigenvalue weighted by atomic mass is 9.98. The molecule has 0 bridgehead atoms. The summed E-state index contributed by atoms with van der Waals surface area (Å²) in [6.07, 6.45) is 0.459. The number of rotatable bonds is 2. The maximum atomic E-state index is 14.0. The molecular weight excluding hydrogens is 303 g/mol. The maximum absolute atomic E-state index is 14.0. The SMILES string of the molecule is CC(=O)N1N=C(c2cc(Cl)ccc2F)C[C@@H]1c1ccccc1. The van der Waals surface area contributed by atoms with Crippen LogP contribution in [0.2, 0.25) is 5.02 Å². The molecule has 0 unspecified atom stereocenters. The molecular formula is C17H14ClFN2O. The summed E-state index contributed by atoms with van der Waals surface area (Å²) in [6, 6.07) is 13.7. The maximum Gasteiger partial charge on any atom is 0.240 e. The highest BCUT2D eigenvalue weighted by Gasteiger charge is 2.32. The lowest BCUT2D eigenvalue weighted by Crippen LogP contribution is -2.24. The van der Waals surface area contributed by atoms with Crippen LogP contribution >= 0.6 is 11.6 Å². The van der Waals surface area contributed by atoms with E-state index in [2.05, 4.69) is 5.10 Å². The van der Waals surface area contributed by atoms with E-state index in [4.69, 9.17) is 11.6 Å². The summed E-state index contributed by atoms with van der Waals surface area (Å²) < 4.78 is 14.0. The zero-order valence-corrected chi connectivity index (χ0v) is 12.7. The lowest BCUT2D eigenvalue weighted by molar-refractivity contribution is -0.130. The summed E-state index contributed by atoms with van der Waals surface area (Å²) >= 11 is 5.95. The second-order valence-electron chi connectivity index (χ2n) is 5.17. The molecule has 0 radical (unpaired) electrons. The Morgan fingerprint density at radius 1 is 1.27 bits per heavy atom. The van der Waals surface area contributed by atoms with Gasteiger partial charge in [0, 0.05) is 23.9 Å². The van der Waals surface area contributed by atoms with Crippen molar-refractivity contribution in [2.75, 3.05) is 0 Å². The third-order valence-electron chi connectivity index (χ3n) is 3.66. The van der Waals surface area contributed by atoms with Crippen LogP contribution in [0.1, 0.15) is 30.5 Å². The highest BCUT2D eigenvalue weighted by Crippen LogP contribution is 2.33. The first-order valence-corrected chi connectivity index (χ1v) is 7.31. The van der Waals surface area contributed by atoms with Crippen LogP contribution < -0.4 is 0 Å². The summed E-state index contributed by atoms with van der Waals surface area (Å²) in [5.74, 6) is -0.563. The van der Waals surface area contributed by atoms with Gasteiger partial charge in [0.2, 0.25) is 5.91 Å². The summed E-state index contributed by atoms with van der Waals surface area (Å²) in [6.45, 7) is 1.46. The number of hydrazone groups is 1. The van der Waals surface area contributed by atoms with Crippen LogP contribution in [0.4, 0.5) is 4.39 Å². The Bertz CT molecular complexity index is 746. The minimum atomic E-state index is -0.389. The molecule has 3 rings (SSSR count). The number of benzene rings is 2. The standard InChI is InChI=1S/C17H14ClFN2O/c1-11(22)21-17(12-5-3-2-4-6-12)10-16(20-21)14-9-13(18)7-8-15(14)19/h2-9,17H,10H2,1H3/t17-/m1/s1. The molecule has 5 heteroatoms. The van der Waals surface area contributed by atoms with E-state index in [0.717, 1.165) is 5.56 Å². The topological polar surface area (TPSA) is 32.7 Å². The predicted octanol–water partition coefficient (Wildman–Crippen LogP) is 4.18. The molecule has 1 aliphatic rings. The molecule has 1 heterocycles. The average Bonchev–Trinajstić information content (AvgIpc) is 2.96. The van der Waals surface area contributed by atoms with Gasteiger partial charge in [-0.3, -0.25) is 4.79 Å². The van der Waals surface area contributed by atoms with Crippen LogP contribution in [0.25, 0.3) is 0 Å². The summed E-state index contributed by atoms with van der Waals surface area (Å²) in [4.78, 5) is 11.9. The molecule has 0 saturated heterocycles. The number of hydrogen-bond acceptors (Lipinski definition) is 2. The van der Waals surface area contributed by atoms with E-state index in [-0.39, 0.29) is 17.8 Å². The van der Waals surface area contributed by atoms with Gasteiger partial charge >= 0.3 is 0 Å². The molecule has 0 aromatic heterocycles. The number of amides is 1. The van der Waals surface area contributed by atoms with Gasteiger partial charge in [-0.25, -0.2) is 9.40 Å². The monoisotopic (exact) mass is 316 g/mol. The van der Waals surface area contributed by atoms with E-state index in [0.29, 0.717) is 22.7 Å². The average molecular weight is 317 g/mol. The molecule has 2 aromatic rings. The van der Waals surface area contributed by atoms with E-state index >= 15 is 0 Å². The van der Waals surface area contributed by atoms with Gasteiger partial charge in [-0.05, 0) is 23.8 Å². The fourth-order valence-corrected chi connectivity index (χ4v) is 2.79. The molecule has 3 nitrogen and oxygen atoms in total. The second kappa shape index (κ2) is 5.89. The first-order chi connectivity index (χ1) is 10.6. The van der Waals surface area contributed by atoms with E-state index < -0.39 is 0 Å². The summed E-state index contributed by atoms with van der Waals surface area (Å²) in [7, 11) is 0. The third-order valence-corrected chi connectivity index (χ3v) is 3.89. The van der Waals surface area contributed by atoms with Crippen molar-refractivity contribution in [3.05, 3.63) is 70.5 Å². The van der Waals surface area contributed by atoms with Gasteiger partial charge in [0.25, 0.3) is 0 Å². The number of carbonyl (C=O) groups excluding carboxylic acids is 1. The van der Waals surface area contributed by atoms with Crippen molar-refractivity contribution >= 4 is 23.2 Å². The van der Waals surface area contributed by atoms with Crippen molar-refractivity contribution in [1.29, 1.82) is 0 Å². The molecule has 0 aliphatic carbocycles. The van der Waals surface area contributed by atoms with Gasteiger partial charge in [0.15, 0.2) is 0 Å². The van der Waals surface area contributed by atoms with Crippen molar-refractivity contribution in [1.82, 2.24) is 5.01 Å². The fourth-order valence-electron chi connectivity index (χ4n) is 2.62. The normalized spacial score (nSPS) is 17.5. The number of carbonyl (C=O) groups is 1. The fraction of sp³-hybridized carbons (Fsp3) is 0.176. The minimum Gasteiger partial charge on any atom is -0.273 e. The van der Waals surface area contributed by atoms with Crippen molar-refractivity contribution in [3.63, 3.8) is 0 Å². The van der Waals surface area contributed by atoms with Gasteiger partial charge in [0.05, 0.1) is 11.8 Å². The summed E-state index contributed by atoms with van der Waals surface area (Å²) in [5.41, 5.74) is 1.85. The molecule has 0 N–H and O–H groups in total. The molecule has 1 atom stereocenters. The molecule has 0 saturated carbocycles. The van der Waals surface area contributed by atoms with Gasteiger partial charge in [-0.2, -0.15) is 5.10 Å². The molecule has 0 spiro atoms. The van der Waals surface area contributed by atoms with Crippen LogP contribution in [0.5, 0.6) is 0 Å². The van der Waals surface area contributed by atoms with Gasteiger partial charge in [0.1, 0.15) is 5.82 Å². The Morgan fingerprint density at radius 3 is 2.68 bits per heavy atom. The smallest absolute Gasteiger partial charge is 0.240 e. The number of hydrogen-bond donors (Lipinski definition) is 0. The Labute approximate surface area is 133 Å². The van der Waals surface area contributed by atoms with Crippen LogP contribution in [0.3, 0.4) is 0 Å². The van der Waals surface area contributed by atoms with E-state index in [9.17, 15) is 9.18 Å². The molecule has 2 aromatic carbocycles. The highest BCUT2D eigenvalue weighted by molar-refractivity contribution is 6.31. The van der Waals surface area contributed by atoms with Crippen LogP contribution in [0, 0.1) is 5.82 Å². The van der Waals surface area contributed by atoms with Crippen LogP contribution in [-0.2, 0) is 4.79 Å². The van der Waals surface area contributed by atoms with Gasteiger partial charge in [-0.1, -0.05) is 41.9 Å². The molecule has 1 aliphatic heterocycles. The predicted molar refractivity (Wildman–Crippen MR) is 84.3 cm³/mol. The third kappa shape index (κ3) is 2.74. The largest absolute Gasteiger partial charge is 0.273 e. The Hall–Kier alpha value is -2.20. The van der Waals surface area contributed by atoms with Crippen molar-refractivity contribution in [2.45, 2.75) is 19.4 Å². The van der Waals surface area contributed by atoms with E-state index in [1.165, 1.54) is 24.1 Å². The zero-order valence-electron chi connectivity index (χ0n) is 12.0. The van der Waals surface area contributed by atoms with E-state index in [1.54, 1.807) is 6.07 Å². The van der Waals surface area contributed by atoms with Crippen LogP contribution in [-0.4, -0.2) is 16.6 Å². The van der Waals surface area contributed by atoms with Crippen molar-refractivity contribution in [3.8, 4) is 0 Å².